The van der Waals surface area contributed by atoms with Crippen LogP contribution in [0, 0.1) is 0 Å². The monoisotopic (exact) mass is 371 g/mol. The molecule has 0 aliphatic heterocycles. The summed E-state index contributed by atoms with van der Waals surface area (Å²) in [5, 5.41) is 6.48. The number of ether oxygens (including phenoxy) is 1. The SMILES string of the molecule is COC(=O)c1ccc(NCCCCNc2ccc(C(N)=O)cc2N)c(N)c1. The molecule has 144 valence electrons. The molecule has 0 fully saturated rings. The number of carbonyl (C=O) groups is 2. The van der Waals surface area contributed by atoms with Crippen LogP contribution >= 0.6 is 0 Å². The lowest BCUT2D eigenvalue weighted by Crippen LogP contribution is -2.12. The van der Waals surface area contributed by atoms with E-state index in [1.807, 2.05) is 0 Å². The molecule has 0 saturated heterocycles. The van der Waals surface area contributed by atoms with Gasteiger partial charge >= 0.3 is 5.97 Å². The predicted octanol–water partition coefficient (Wildman–Crippen LogP) is 2.04. The third-order valence-electron chi connectivity index (χ3n) is 4.04. The number of nitrogens with one attached hydrogen (secondary N) is 2. The van der Waals surface area contributed by atoms with Crippen LogP contribution in [0.4, 0.5) is 22.7 Å². The largest absolute Gasteiger partial charge is 0.465 e. The fourth-order valence-corrected chi connectivity index (χ4v) is 2.54. The maximum Gasteiger partial charge on any atom is 0.337 e. The van der Waals surface area contributed by atoms with Crippen LogP contribution in [0.2, 0.25) is 0 Å². The summed E-state index contributed by atoms with van der Waals surface area (Å²) in [5.41, 5.74) is 20.4. The highest BCUT2D eigenvalue weighted by atomic mass is 16.5. The molecule has 0 aliphatic carbocycles. The van der Waals surface area contributed by atoms with Crippen molar-refractivity contribution in [2.45, 2.75) is 12.8 Å². The number of anilines is 4. The zero-order chi connectivity index (χ0) is 19.8. The molecule has 2 aromatic rings. The lowest BCUT2D eigenvalue weighted by atomic mass is 10.1. The molecule has 2 aromatic carbocycles. The second-order valence-corrected chi connectivity index (χ2v) is 6.02. The van der Waals surface area contributed by atoms with Gasteiger partial charge in [0.05, 0.1) is 35.4 Å². The van der Waals surface area contributed by atoms with E-state index in [1.165, 1.54) is 7.11 Å². The van der Waals surface area contributed by atoms with Crippen molar-refractivity contribution in [3.8, 4) is 0 Å². The van der Waals surface area contributed by atoms with E-state index in [1.54, 1.807) is 36.4 Å². The molecule has 27 heavy (non-hydrogen) atoms. The van der Waals surface area contributed by atoms with E-state index < -0.39 is 11.9 Å². The van der Waals surface area contributed by atoms with Crippen LogP contribution < -0.4 is 27.8 Å². The maximum absolute atomic E-state index is 11.5. The quantitative estimate of drug-likeness (QED) is 0.257. The van der Waals surface area contributed by atoms with Gasteiger partial charge in [0, 0.05) is 18.7 Å². The van der Waals surface area contributed by atoms with Gasteiger partial charge in [-0.2, -0.15) is 0 Å². The van der Waals surface area contributed by atoms with Crippen LogP contribution in [0.5, 0.6) is 0 Å². The first-order valence-electron chi connectivity index (χ1n) is 8.57. The van der Waals surface area contributed by atoms with Gasteiger partial charge in [-0.3, -0.25) is 4.79 Å². The van der Waals surface area contributed by atoms with Gasteiger partial charge in [-0.05, 0) is 49.2 Å². The second kappa shape index (κ2) is 9.33. The standard InChI is InChI=1S/C19H25N5O3/c1-27-19(26)13-5-7-17(15(21)11-13)24-9-3-2-8-23-16-6-4-12(18(22)25)10-14(16)20/h4-7,10-11,23-24H,2-3,8-9,20-21H2,1H3,(H2,22,25). The van der Waals surface area contributed by atoms with E-state index in [0.717, 1.165) is 37.3 Å². The molecule has 0 aliphatic rings. The third-order valence-corrected chi connectivity index (χ3v) is 4.04. The number of esters is 1. The number of primary amides is 1. The van der Waals surface area contributed by atoms with Gasteiger partial charge in [-0.1, -0.05) is 0 Å². The fraction of sp³-hybridized carbons (Fsp3) is 0.263. The number of methoxy groups -OCH3 is 1. The van der Waals surface area contributed by atoms with E-state index >= 15 is 0 Å². The number of amides is 1. The van der Waals surface area contributed by atoms with Crippen molar-refractivity contribution in [1.29, 1.82) is 0 Å². The van der Waals surface area contributed by atoms with Gasteiger partial charge in [-0.25, -0.2) is 4.79 Å². The first kappa shape index (κ1) is 19.9. The first-order chi connectivity index (χ1) is 12.9. The smallest absolute Gasteiger partial charge is 0.337 e. The normalized spacial score (nSPS) is 10.3. The second-order valence-electron chi connectivity index (χ2n) is 6.02. The minimum absolute atomic E-state index is 0.387. The molecule has 0 heterocycles. The van der Waals surface area contributed by atoms with Gasteiger partial charge in [-0.15, -0.1) is 0 Å². The van der Waals surface area contributed by atoms with E-state index in [9.17, 15) is 9.59 Å². The van der Waals surface area contributed by atoms with Crippen LogP contribution in [-0.2, 0) is 4.74 Å². The highest BCUT2D eigenvalue weighted by Gasteiger charge is 2.08. The minimum atomic E-state index is -0.502. The van der Waals surface area contributed by atoms with Gasteiger partial charge in [0.25, 0.3) is 0 Å². The summed E-state index contributed by atoms with van der Waals surface area (Å²) < 4.78 is 4.67. The van der Waals surface area contributed by atoms with Gasteiger partial charge < -0.3 is 32.6 Å². The zero-order valence-electron chi connectivity index (χ0n) is 15.2. The topological polar surface area (TPSA) is 145 Å². The van der Waals surface area contributed by atoms with Crippen LogP contribution in [0.25, 0.3) is 0 Å². The average Bonchev–Trinajstić information content (AvgIpc) is 2.65. The number of benzene rings is 2. The van der Waals surface area contributed by atoms with E-state index in [2.05, 4.69) is 15.4 Å². The molecule has 0 atom stereocenters. The minimum Gasteiger partial charge on any atom is -0.465 e. The van der Waals surface area contributed by atoms with Crippen molar-refractivity contribution >= 4 is 34.6 Å². The molecule has 8 heteroatoms. The van der Waals surface area contributed by atoms with E-state index in [-0.39, 0.29) is 0 Å². The Morgan fingerprint density at radius 2 is 1.37 bits per heavy atom. The lowest BCUT2D eigenvalue weighted by molar-refractivity contribution is 0.0600. The highest BCUT2D eigenvalue weighted by molar-refractivity contribution is 5.95. The molecule has 0 aromatic heterocycles. The Bertz CT molecular complexity index is 823. The van der Waals surface area contributed by atoms with Crippen molar-refractivity contribution in [2.75, 3.05) is 42.3 Å². The number of hydrogen-bond donors (Lipinski definition) is 5. The third kappa shape index (κ3) is 5.53. The van der Waals surface area contributed by atoms with Crippen molar-refractivity contribution in [2.24, 2.45) is 5.73 Å². The van der Waals surface area contributed by atoms with Crippen molar-refractivity contribution in [3.63, 3.8) is 0 Å². The molecule has 2 rings (SSSR count). The first-order valence-corrected chi connectivity index (χ1v) is 8.57. The molecule has 8 N–H and O–H groups in total. The van der Waals surface area contributed by atoms with Gasteiger partial charge in [0.2, 0.25) is 5.91 Å². The van der Waals surface area contributed by atoms with Crippen LogP contribution in [0.3, 0.4) is 0 Å². The average molecular weight is 371 g/mol. The number of nitrogen functional groups attached to an aromatic ring is 2. The predicted molar refractivity (Wildman–Crippen MR) is 108 cm³/mol. The summed E-state index contributed by atoms with van der Waals surface area (Å²) >= 11 is 0. The zero-order valence-corrected chi connectivity index (χ0v) is 15.2. The van der Waals surface area contributed by atoms with Crippen molar-refractivity contribution in [3.05, 3.63) is 47.5 Å². The molecule has 8 nitrogen and oxygen atoms in total. The Morgan fingerprint density at radius 3 is 1.81 bits per heavy atom. The Balaban J connectivity index is 1.73. The van der Waals surface area contributed by atoms with E-state index in [4.69, 9.17) is 17.2 Å². The van der Waals surface area contributed by atoms with Crippen molar-refractivity contribution in [1.82, 2.24) is 0 Å². The molecule has 0 radical (unpaired) electrons. The Hall–Kier alpha value is -3.42. The summed E-state index contributed by atoms with van der Waals surface area (Å²) in [6, 6.07) is 9.98. The molecule has 0 bridgehead atoms. The number of carbonyl (C=O) groups excluding carboxylic acids is 2. The van der Waals surface area contributed by atoms with Gasteiger partial charge in [0.15, 0.2) is 0 Å². The maximum atomic E-state index is 11.5. The fourth-order valence-electron chi connectivity index (χ4n) is 2.54. The van der Waals surface area contributed by atoms with Gasteiger partial charge in [0.1, 0.15) is 0 Å². The molecular formula is C19H25N5O3. The number of nitrogens with two attached hydrogens (primary N) is 3. The molecule has 0 spiro atoms. The lowest BCUT2D eigenvalue weighted by Gasteiger charge is -2.12. The number of hydrogen-bond acceptors (Lipinski definition) is 7. The summed E-state index contributed by atoms with van der Waals surface area (Å²) in [6.07, 6.45) is 1.81. The van der Waals surface area contributed by atoms with Crippen LogP contribution in [0.15, 0.2) is 36.4 Å². The van der Waals surface area contributed by atoms with Crippen LogP contribution in [0.1, 0.15) is 33.6 Å². The summed E-state index contributed by atoms with van der Waals surface area (Å²) in [7, 11) is 1.33. The Kier molecular flexibility index (Phi) is 6.87. The molecule has 0 unspecified atom stereocenters. The summed E-state index contributed by atoms with van der Waals surface area (Å²) in [5.74, 6) is -0.916. The van der Waals surface area contributed by atoms with Crippen molar-refractivity contribution < 1.29 is 14.3 Å². The summed E-state index contributed by atoms with van der Waals surface area (Å²) in [6.45, 7) is 1.47. The molecular weight excluding hydrogens is 346 g/mol. The van der Waals surface area contributed by atoms with Crippen LogP contribution in [-0.4, -0.2) is 32.1 Å². The molecule has 0 saturated carbocycles. The molecule has 1 amide bonds. The Labute approximate surface area is 158 Å². The number of unbranched alkanes of at least 4 members (excludes halogenated alkanes) is 1. The summed E-state index contributed by atoms with van der Waals surface area (Å²) in [4.78, 5) is 22.6. The number of rotatable bonds is 9. The highest BCUT2D eigenvalue weighted by Crippen LogP contribution is 2.21. The van der Waals surface area contributed by atoms with E-state index in [0.29, 0.717) is 22.5 Å². The Morgan fingerprint density at radius 1 is 0.889 bits per heavy atom.